The summed E-state index contributed by atoms with van der Waals surface area (Å²) in [7, 11) is 0. The van der Waals surface area contributed by atoms with E-state index in [2.05, 4.69) is 4.74 Å². The molecule has 0 fully saturated rings. The Balaban J connectivity index is 3.93. The van der Waals surface area contributed by atoms with E-state index in [9.17, 15) is 4.79 Å². The van der Waals surface area contributed by atoms with Gasteiger partial charge in [0.2, 0.25) is 0 Å². The molecule has 1 unspecified atom stereocenters. The molecule has 0 aliphatic carbocycles. The Labute approximate surface area is 66.7 Å². The van der Waals surface area contributed by atoms with E-state index in [-0.39, 0.29) is 0 Å². The van der Waals surface area contributed by atoms with Gasteiger partial charge in [-0.2, -0.15) is 0 Å². The Hall–Kier alpha value is -0.830. The van der Waals surface area contributed by atoms with Gasteiger partial charge in [-0.1, -0.05) is 5.57 Å². The van der Waals surface area contributed by atoms with Crippen molar-refractivity contribution < 1.29 is 14.6 Å². The van der Waals surface area contributed by atoms with E-state index in [4.69, 9.17) is 5.11 Å². The summed E-state index contributed by atoms with van der Waals surface area (Å²) in [5.74, 6) is -0.589. The summed E-state index contributed by atoms with van der Waals surface area (Å²) >= 11 is 0. The molecule has 0 saturated heterocycles. The second-order valence-corrected chi connectivity index (χ2v) is 2.44. The highest BCUT2D eigenvalue weighted by Gasteiger charge is 2.11. The maximum Gasteiger partial charge on any atom is 0.339 e. The van der Waals surface area contributed by atoms with Gasteiger partial charge in [-0.3, -0.25) is 0 Å². The molecule has 0 bridgehead atoms. The third-order valence-electron chi connectivity index (χ3n) is 1.02. The van der Waals surface area contributed by atoms with Crippen molar-refractivity contribution in [1.29, 1.82) is 0 Å². The quantitative estimate of drug-likeness (QED) is 0.490. The van der Waals surface area contributed by atoms with Crippen molar-refractivity contribution in [3.05, 3.63) is 11.6 Å². The number of hydrogen-bond acceptors (Lipinski definition) is 3. The molecule has 0 aromatic carbocycles. The number of esters is 1. The molecule has 0 aliphatic rings. The van der Waals surface area contributed by atoms with Crippen LogP contribution >= 0.6 is 0 Å². The molecule has 1 atom stereocenters. The molecule has 3 nitrogen and oxygen atoms in total. The van der Waals surface area contributed by atoms with Crippen LogP contribution in [0.25, 0.3) is 0 Å². The lowest BCUT2D eigenvalue weighted by molar-refractivity contribution is -0.150. The number of rotatable bonds is 3. The molecule has 64 valence electrons. The zero-order valence-electron chi connectivity index (χ0n) is 7.13. The SMILES string of the molecule is CCOC(=O)C(O)C=C(C)C. The third kappa shape index (κ3) is 4.56. The average molecular weight is 158 g/mol. The second kappa shape index (κ2) is 4.91. The minimum absolute atomic E-state index is 0.298. The molecule has 0 rings (SSSR count). The van der Waals surface area contributed by atoms with E-state index >= 15 is 0 Å². The van der Waals surface area contributed by atoms with Gasteiger partial charge in [-0.05, 0) is 26.8 Å². The Morgan fingerprint density at radius 2 is 2.18 bits per heavy atom. The first kappa shape index (κ1) is 10.2. The number of ether oxygens (including phenoxy) is 1. The number of carbonyl (C=O) groups is 1. The number of hydrogen-bond donors (Lipinski definition) is 1. The van der Waals surface area contributed by atoms with Crippen LogP contribution in [0.3, 0.4) is 0 Å². The van der Waals surface area contributed by atoms with Crippen LogP contribution in [-0.4, -0.2) is 23.8 Å². The Morgan fingerprint density at radius 3 is 2.55 bits per heavy atom. The van der Waals surface area contributed by atoms with Crippen LogP contribution in [0, 0.1) is 0 Å². The van der Waals surface area contributed by atoms with Crippen LogP contribution in [0.2, 0.25) is 0 Å². The van der Waals surface area contributed by atoms with Crippen molar-refractivity contribution in [3.63, 3.8) is 0 Å². The molecular weight excluding hydrogens is 144 g/mol. The lowest BCUT2D eigenvalue weighted by Crippen LogP contribution is -2.20. The van der Waals surface area contributed by atoms with Crippen molar-refractivity contribution in [2.45, 2.75) is 26.9 Å². The van der Waals surface area contributed by atoms with Crippen LogP contribution in [0.1, 0.15) is 20.8 Å². The van der Waals surface area contributed by atoms with Crippen LogP contribution in [0.5, 0.6) is 0 Å². The van der Waals surface area contributed by atoms with Crippen LogP contribution in [-0.2, 0) is 9.53 Å². The van der Waals surface area contributed by atoms with Gasteiger partial charge in [-0.15, -0.1) is 0 Å². The van der Waals surface area contributed by atoms with Gasteiger partial charge in [0.05, 0.1) is 6.61 Å². The summed E-state index contributed by atoms with van der Waals surface area (Å²) in [4.78, 5) is 10.8. The van der Waals surface area contributed by atoms with Gasteiger partial charge in [-0.25, -0.2) is 4.79 Å². The summed E-state index contributed by atoms with van der Waals surface area (Å²) in [6.45, 7) is 5.62. The first-order valence-corrected chi connectivity index (χ1v) is 3.57. The van der Waals surface area contributed by atoms with Crippen molar-refractivity contribution in [3.8, 4) is 0 Å². The maximum absolute atomic E-state index is 10.8. The van der Waals surface area contributed by atoms with Gasteiger partial charge in [0, 0.05) is 0 Å². The standard InChI is InChI=1S/C8H14O3/c1-4-11-8(10)7(9)5-6(2)3/h5,7,9H,4H2,1-3H3. The normalized spacial score (nSPS) is 12.0. The molecule has 0 aliphatic heterocycles. The van der Waals surface area contributed by atoms with Crippen LogP contribution in [0.15, 0.2) is 11.6 Å². The zero-order valence-corrected chi connectivity index (χ0v) is 7.13. The van der Waals surface area contributed by atoms with Gasteiger partial charge >= 0.3 is 5.97 Å². The Kier molecular flexibility index (Phi) is 4.54. The second-order valence-electron chi connectivity index (χ2n) is 2.44. The summed E-state index contributed by atoms with van der Waals surface area (Å²) in [6, 6.07) is 0. The smallest absolute Gasteiger partial charge is 0.339 e. The topological polar surface area (TPSA) is 46.5 Å². The molecule has 0 saturated carbocycles. The van der Waals surface area contributed by atoms with E-state index in [1.165, 1.54) is 6.08 Å². The molecule has 0 radical (unpaired) electrons. The minimum Gasteiger partial charge on any atom is -0.464 e. The number of aliphatic hydroxyl groups excluding tert-OH is 1. The van der Waals surface area contributed by atoms with Gasteiger partial charge in [0.15, 0.2) is 6.10 Å². The molecule has 0 aromatic heterocycles. The monoisotopic (exact) mass is 158 g/mol. The molecular formula is C8H14O3. The van der Waals surface area contributed by atoms with Gasteiger partial charge < -0.3 is 9.84 Å². The number of carbonyl (C=O) groups excluding carboxylic acids is 1. The van der Waals surface area contributed by atoms with Crippen molar-refractivity contribution >= 4 is 5.97 Å². The van der Waals surface area contributed by atoms with E-state index in [0.29, 0.717) is 6.61 Å². The Bertz CT molecular complexity index is 157. The molecule has 3 heteroatoms. The Morgan fingerprint density at radius 1 is 1.64 bits per heavy atom. The van der Waals surface area contributed by atoms with Crippen LogP contribution < -0.4 is 0 Å². The first-order chi connectivity index (χ1) is 5.07. The summed E-state index contributed by atoms with van der Waals surface area (Å²) in [5.41, 5.74) is 0.894. The number of aliphatic hydroxyl groups is 1. The van der Waals surface area contributed by atoms with Crippen molar-refractivity contribution in [1.82, 2.24) is 0 Å². The van der Waals surface area contributed by atoms with E-state index in [0.717, 1.165) is 5.57 Å². The number of allylic oxidation sites excluding steroid dienone is 1. The lowest BCUT2D eigenvalue weighted by Gasteiger charge is -2.04. The first-order valence-electron chi connectivity index (χ1n) is 3.57. The van der Waals surface area contributed by atoms with E-state index < -0.39 is 12.1 Å². The molecule has 0 aromatic rings. The van der Waals surface area contributed by atoms with Crippen molar-refractivity contribution in [2.75, 3.05) is 6.61 Å². The third-order valence-corrected chi connectivity index (χ3v) is 1.02. The molecule has 0 amide bonds. The highest BCUT2D eigenvalue weighted by atomic mass is 16.5. The van der Waals surface area contributed by atoms with Crippen LogP contribution in [0.4, 0.5) is 0 Å². The molecule has 11 heavy (non-hydrogen) atoms. The maximum atomic E-state index is 10.8. The lowest BCUT2D eigenvalue weighted by atomic mass is 10.2. The summed E-state index contributed by atoms with van der Waals surface area (Å²) < 4.78 is 4.57. The highest BCUT2D eigenvalue weighted by Crippen LogP contribution is 1.96. The minimum atomic E-state index is -1.11. The van der Waals surface area contributed by atoms with E-state index in [1.54, 1.807) is 6.92 Å². The fraction of sp³-hybridized carbons (Fsp3) is 0.625. The summed E-state index contributed by atoms with van der Waals surface area (Å²) in [6.07, 6.45) is 0.345. The fourth-order valence-corrected chi connectivity index (χ4v) is 0.611. The average Bonchev–Trinajstić information content (AvgIpc) is 1.86. The highest BCUT2D eigenvalue weighted by molar-refractivity contribution is 5.76. The van der Waals surface area contributed by atoms with Crippen molar-refractivity contribution in [2.24, 2.45) is 0 Å². The van der Waals surface area contributed by atoms with Gasteiger partial charge in [0.1, 0.15) is 0 Å². The molecule has 0 spiro atoms. The zero-order chi connectivity index (χ0) is 8.85. The summed E-state index contributed by atoms with van der Waals surface area (Å²) in [5, 5.41) is 9.07. The molecule has 0 heterocycles. The molecule has 1 N–H and O–H groups in total. The van der Waals surface area contributed by atoms with E-state index in [1.807, 2.05) is 13.8 Å². The fourth-order valence-electron chi connectivity index (χ4n) is 0.611. The predicted molar refractivity (Wildman–Crippen MR) is 42.1 cm³/mol. The van der Waals surface area contributed by atoms with Gasteiger partial charge in [0.25, 0.3) is 0 Å². The largest absolute Gasteiger partial charge is 0.464 e. The predicted octanol–water partition coefficient (Wildman–Crippen LogP) is 0.877.